The number of piperidine rings is 1. The molecule has 2 heterocycles. The molecule has 158 valence electrons. The lowest BCUT2D eigenvalue weighted by Gasteiger charge is -2.11. The van der Waals surface area contributed by atoms with E-state index in [-0.39, 0.29) is 12.1 Å². The average molecular weight is 428 g/mol. The lowest BCUT2D eigenvalue weighted by atomic mass is 10.1. The van der Waals surface area contributed by atoms with Crippen molar-refractivity contribution < 1.29 is 18.3 Å². The molecule has 8 nitrogen and oxygen atoms in total. The molecule has 1 aliphatic heterocycles. The highest BCUT2D eigenvalue weighted by Gasteiger charge is 2.85. The normalized spacial score (nSPS) is 26.9. The number of β-amino-alcohol motifs (C(OH)–C–C–N with tert-alkyl or cyclic N) is 1. The van der Waals surface area contributed by atoms with Crippen LogP contribution in [-0.4, -0.2) is 49.5 Å². The van der Waals surface area contributed by atoms with E-state index in [1.54, 1.807) is 24.3 Å². The first-order chi connectivity index (χ1) is 14.8. The molecule has 3 N–H and O–H groups in total. The number of hydrogen-bond donors (Lipinski definition) is 3. The molecule has 3 aromatic rings. The minimum atomic E-state index is -4.39. The number of aliphatic hydroxyl groups excluding tert-OH is 1. The van der Waals surface area contributed by atoms with Crippen molar-refractivity contribution in [1.29, 1.82) is 0 Å². The molecular formula is C20H17F3N7O+. The van der Waals surface area contributed by atoms with Crippen LogP contribution >= 0.6 is 0 Å². The number of para-hydroxylation sites is 1. The largest absolute Gasteiger partial charge is 0.416 e. The van der Waals surface area contributed by atoms with Crippen molar-refractivity contribution in [2.75, 3.05) is 11.9 Å². The summed E-state index contributed by atoms with van der Waals surface area (Å²) in [7, 11) is 0. The van der Waals surface area contributed by atoms with Gasteiger partial charge < -0.3 is 15.7 Å². The summed E-state index contributed by atoms with van der Waals surface area (Å²) in [5.41, 5.74) is 0.121. The highest BCUT2D eigenvalue weighted by atomic mass is 19.4. The maximum Gasteiger partial charge on any atom is 0.416 e. The van der Waals surface area contributed by atoms with Crippen molar-refractivity contribution in [1.82, 2.24) is 25.5 Å². The number of hydrogen-bond acceptors (Lipinski definition) is 6. The molecule has 2 unspecified atom stereocenters. The van der Waals surface area contributed by atoms with Crippen molar-refractivity contribution in [3.05, 3.63) is 58.9 Å². The molecule has 1 saturated carbocycles. The molecule has 2 aliphatic rings. The van der Waals surface area contributed by atoms with E-state index in [4.69, 9.17) is 6.57 Å². The molecule has 4 atom stereocenters. The molecular weight excluding hydrogens is 411 g/mol. The number of tetrazole rings is 1. The van der Waals surface area contributed by atoms with Gasteiger partial charge in [-0.1, -0.05) is 17.0 Å². The SMILES string of the molecule is C#[N+][C@@]12C(NC[C@H]1O)C2n1nnc(-c2ccccc2Nc2ccc(C(F)(F)F)cc2)n1. The third kappa shape index (κ3) is 3.03. The van der Waals surface area contributed by atoms with Crippen LogP contribution in [0.1, 0.15) is 11.6 Å². The number of aromatic nitrogens is 4. The van der Waals surface area contributed by atoms with Crippen molar-refractivity contribution in [2.45, 2.75) is 29.9 Å². The van der Waals surface area contributed by atoms with Gasteiger partial charge in [-0.2, -0.15) is 18.0 Å². The zero-order valence-electron chi connectivity index (χ0n) is 16.0. The average Bonchev–Trinajstić information content (AvgIpc) is 3.01. The van der Waals surface area contributed by atoms with E-state index >= 15 is 0 Å². The van der Waals surface area contributed by atoms with Crippen LogP contribution in [0.15, 0.2) is 48.5 Å². The third-order valence-electron chi connectivity index (χ3n) is 5.80. The first-order valence-electron chi connectivity index (χ1n) is 9.51. The van der Waals surface area contributed by atoms with Gasteiger partial charge in [-0.3, -0.25) is 0 Å². The summed E-state index contributed by atoms with van der Waals surface area (Å²) in [5, 5.41) is 29.1. The second kappa shape index (κ2) is 6.76. The van der Waals surface area contributed by atoms with Gasteiger partial charge in [0.25, 0.3) is 6.57 Å². The van der Waals surface area contributed by atoms with Crippen molar-refractivity contribution >= 4 is 11.4 Å². The molecule has 1 aliphatic carbocycles. The van der Waals surface area contributed by atoms with Gasteiger partial charge in [0.05, 0.1) is 5.56 Å². The molecule has 2 aromatic carbocycles. The van der Waals surface area contributed by atoms with Crippen LogP contribution in [0.2, 0.25) is 0 Å². The van der Waals surface area contributed by atoms with Gasteiger partial charge in [0.1, 0.15) is 6.04 Å². The smallest absolute Gasteiger partial charge is 0.383 e. The fraction of sp³-hybridized carbons (Fsp3) is 0.300. The Morgan fingerprint density at radius 3 is 2.61 bits per heavy atom. The van der Waals surface area contributed by atoms with Gasteiger partial charge in [0, 0.05) is 23.5 Å². The van der Waals surface area contributed by atoms with Crippen LogP contribution in [0.5, 0.6) is 0 Å². The van der Waals surface area contributed by atoms with Crippen molar-refractivity contribution in [3.63, 3.8) is 0 Å². The van der Waals surface area contributed by atoms with Crippen molar-refractivity contribution in [3.8, 4) is 18.0 Å². The Bertz CT molecular complexity index is 1170. The van der Waals surface area contributed by atoms with Crippen LogP contribution in [0.25, 0.3) is 16.2 Å². The van der Waals surface area contributed by atoms with Crippen LogP contribution in [0, 0.1) is 6.57 Å². The molecule has 0 radical (unpaired) electrons. The third-order valence-corrected chi connectivity index (χ3v) is 5.80. The summed E-state index contributed by atoms with van der Waals surface area (Å²) in [6.07, 6.45) is -5.13. The summed E-state index contributed by atoms with van der Waals surface area (Å²) in [6, 6.07) is 11.3. The van der Waals surface area contributed by atoms with Crippen LogP contribution < -0.4 is 10.6 Å². The van der Waals surface area contributed by atoms with Crippen LogP contribution in [-0.2, 0) is 6.18 Å². The number of alkyl halides is 3. The first kappa shape index (κ1) is 19.5. The maximum atomic E-state index is 12.8. The Kier molecular flexibility index (Phi) is 4.25. The number of nitrogens with zero attached hydrogens (tertiary/aromatic N) is 5. The number of nitrogens with one attached hydrogen (secondary N) is 2. The summed E-state index contributed by atoms with van der Waals surface area (Å²) >= 11 is 0. The first-order valence-corrected chi connectivity index (χ1v) is 9.51. The zero-order chi connectivity index (χ0) is 21.8. The number of benzene rings is 2. The molecule has 2 fully saturated rings. The second-order valence-electron chi connectivity index (χ2n) is 7.54. The predicted octanol–water partition coefficient (Wildman–Crippen LogP) is 2.69. The van der Waals surface area contributed by atoms with Gasteiger partial charge in [-0.25, -0.2) is 0 Å². The molecule has 0 spiro atoms. The van der Waals surface area contributed by atoms with Gasteiger partial charge in [0.15, 0.2) is 12.1 Å². The molecule has 1 saturated heterocycles. The Morgan fingerprint density at radius 1 is 1.19 bits per heavy atom. The monoisotopic (exact) mass is 428 g/mol. The second-order valence-corrected chi connectivity index (χ2v) is 7.54. The van der Waals surface area contributed by atoms with E-state index in [1.165, 1.54) is 16.9 Å². The zero-order valence-corrected chi connectivity index (χ0v) is 16.0. The quantitative estimate of drug-likeness (QED) is 0.592. The minimum absolute atomic E-state index is 0.171. The number of aliphatic hydroxyl groups is 1. The minimum Gasteiger partial charge on any atom is -0.383 e. The fourth-order valence-corrected chi connectivity index (χ4v) is 4.15. The molecule has 0 bridgehead atoms. The lowest BCUT2D eigenvalue weighted by molar-refractivity contribution is -0.137. The summed E-state index contributed by atoms with van der Waals surface area (Å²) in [5.74, 6) is 0.321. The van der Waals surface area contributed by atoms with E-state index in [9.17, 15) is 18.3 Å². The predicted molar refractivity (Wildman–Crippen MR) is 106 cm³/mol. The molecule has 5 rings (SSSR count). The summed E-state index contributed by atoms with van der Waals surface area (Å²) in [6.45, 7) is 5.94. The Labute approximate surface area is 174 Å². The van der Waals surface area contributed by atoms with E-state index < -0.39 is 23.4 Å². The standard InChI is InChI=1S/C20H17F3N7O/c1-24-19-15(31)10-25-16(19)17(19)30-28-18(27-29-30)13-4-2-3-5-14(13)26-12-8-6-11(7-9-12)20(21,22)23/h1-9,15-17,25-26,31H,10H2/q+1/t15-,16?,17?,19-/m1/s1. The summed E-state index contributed by atoms with van der Waals surface area (Å²) in [4.78, 5) is 5.27. The number of anilines is 2. The van der Waals surface area contributed by atoms with Crippen LogP contribution in [0.3, 0.4) is 0 Å². The molecule has 0 amide bonds. The lowest BCUT2D eigenvalue weighted by Crippen LogP contribution is -2.31. The van der Waals surface area contributed by atoms with E-state index in [0.717, 1.165) is 12.1 Å². The number of halogens is 3. The number of fused-ring (bicyclic) bond motifs is 1. The summed E-state index contributed by atoms with van der Waals surface area (Å²) < 4.78 is 38.4. The Balaban J connectivity index is 1.40. The van der Waals surface area contributed by atoms with Gasteiger partial charge in [-0.15, -0.1) is 10.2 Å². The van der Waals surface area contributed by atoms with E-state index in [2.05, 4.69) is 30.9 Å². The highest BCUT2D eigenvalue weighted by molar-refractivity contribution is 5.77. The molecule has 1 aromatic heterocycles. The fourth-order valence-electron chi connectivity index (χ4n) is 4.15. The Hall–Kier alpha value is -3.49. The Morgan fingerprint density at radius 2 is 1.94 bits per heavy atom. The maximum absolute atomic E-state index is 12.8. The molecule has 11 heteroatoms. The topological polar surface area (TPSA) is 92.3 Å². The highest BCUT2D eigenvalue weighted by Crippen LogP contribution is 2.56. The van der Waals surface area contributed by atoms with Crippen LogP contribution in [0.4, 0.5) is 24.5 Å². The molecule has 31 heavy (non-hydrogen) atoms. The van der Waals surface area contributed by atoms with E-state index in [1.807, 2.05) is 0 Å². The van der Waals surface area contributed by atoms with Gasteiger partial charge >= 0.3 is 11.7 Å². The van der Waals surface area contributed by atoms with Crippen molar-refractivity contribution in [2.24, 2.45) is 0 Å². The van der Waals surface area contributed by atoms with Gasteiger partial charge in [0.2, 0.25) is 5.82 Å². The van der Waals surface area contributed by atoms with E-state index in [0.29, 0.717) is 29.3 Å². The van der Waals surface area contributed by atoms with Gasteiger partial charge in [-0.05, 0) is 41.6 Å². The number of rotatable bonds is 4.